The molecule has 1 fully saturated rings. The highest BCUT2D eigenvalue weighted by atomic mass is 16.5. The quantitative estimate of drug-likeness (QED) is 0.681. The van der Waals surface area contributed by atoms with E-state index in [2.05, 4.69) is 11.9 Å². The third-order valence-electron chi connectivity index (χ3n) is 3.62. The minimum Gasteiger partial charge on any atom is -0.494 e. The number of amides is 1. The van der Waals surface area contributed by atoms with Crippen LogP contribution in [-0.4, -0.2) is 55.5 Å². The minimum atomic E-state index is 0.311. The molecule has 0 bridgehead atoms. The van der Waals surface area contributed by atoms with Crippen molar-refractivity contribution in [1.82, 2.24) is 9.80 Å². The van der Waals surface area contributed by atoms with E-state index in [-0.39, 0.29) is 0 Å². The van der Waals surface area contributed by atoms with Crippen LogP contribution in [0, 0.1) is 0 Å². The zero-order valence-corrected chi connectivity index (χ0v) is 12.3. The second kappa shape index (κ2) is 7.90. The van der Waals surface area contributed by atoms with E-state index in [0.717, 1.165) is 57.8 Å². The van der Waals surface area contributed by atoms with Crippen molar-refractivity contribution in [3.8, 4) is 5.75 Å². The van der Waals surface area contributed by atoms with Crippen LogP contribution in [-0.2, 0) is 4.79 Å². The highest BCUT2D eigenvalue weighted by molar-refractivity contribution is 5.78. The molecule has 1 aromatic carbocycles. The first-order valence-electron chi connectivity index (χ1n) is 7.40. The zero-order valence-electron chi connectivity index (χ0n) is 12.3. The van der Waals surface area contributed by atoms with E-state index in [1.165, 1.54) is 0 Å². The van der Waals surface area contributed by atoms with Crippen LogP contribution < -0.4 is 4.74 Å². The molecule has 0 saturated carbocycles. The summed E-state index contributed by atoms with van der Waals surface area (Å²) in [4.78, 5) is 15.7. The lowest BCUT2D eigenvalue weighted by Crippen LogP contribution is -2.34. The second-order valence-corrected chi connectivity index (χ2v) is 5.30. The summed E-state index contributed by atoms with van der Waals surface area (Å²) in [5, 5.41) is 0. The van der Waals surface area contributed by atoms with E-state index in [9.17, 15) is 4.79 Å². The molecule has 1 heterocycles. The van der Waals surface area contributed by atoms with E-state index in [4.69, 9.17) is 4.74 Å². The second-order valence-electron chi connectivity index (χ2n) is 5.30. The number of hydrogen-bond acceptors (Lipinski definition) is 3. The lowest BCUT2D eigenvalue weighted by molar-refractivity contribution is -0.127. The van der Waals surface area contributed by atoms with Crippen LogP contribution in [0.4, 0.5) is 0 Å². The van der Waals surface area contributed by atoms with Gasteiger partial charge in [0.05, 0.1) is 6.61 Å². The van der Waals surface area contributed by atoms with Crippen molar-refractivity contribution in [2.45, 2.75) is 19.3 Å². The van der Waals surface area contributed by atoms with Gasteiger partial charge in [-0.15, -0.1) is 0 Å². The van der Waals surface area contributed by atoms with Crippen molar-refractivity contribution in [2.24, 2.45) is 0 Å². The molecule has 20 heavy (non-hydrogen) atoms. The number of nitrogens with zero attached hydrogens (tertiary/aromatic N) is 2. The Kier molecular flexibility index (Phi) is 5.87. The summed E-state index contributed by atoms with van der Waals surface area (Å²) in [6.45, 7) is 4.46. The van der Waals surface area contributed by atoms with Crippen LogP contribution in [0.5, 0.6) is 5.75 Å². The first kappa shape index (κ1) is 14.9. The van der Waals surface area contributed by atoms with Gasteiger partial charge in [0.15, 0.2) is 0 Å². The SMILES string of the molecule is CN(CCCOc1ccccc1)CCN1CCCC1=O. The molecule has 1 aliphatic heterocycles. The number of ether oxygens (including phenoxy) is 1. The Balaban J connectivity index is 1.54. The predicted octanol–water partition coefficient (Wildman–Crippen LogP) is 2.01. The molecule has 0 atom stereocenters. The fraction of sp³-hybridized carbons (Fsp3) is 0.562. The molecular formula is C16H24N2O2. The highest BCUT2D eigenvalue weighted by Gasteiger charge is 2.19. The van der Waals surface area contributed by atoms with Crippen LogP contribution in [0.25, 0.3) is 0 Å². The summed E-state index contributed by atoms with van der Waals surface area (Å²) in [6, 6.07) is 9.90. The van der Waals surface area contributed by atoms with Crippen molar-refractivity contribution in [2.75, 3.05) is 39.8 Å². The summed E-state index contributed by atoms with van der Waals surface area (Å²) >= 11 is 0. The lowest BCUT2D eigenvalue weighted by atomic mass is 10.3. The Morgan fingerprint density at radius 1 is 1.25 bits per heavy atom. The molecule has 0 radical (unpaired) electrons. The molecule has 0 aromatic heterocycles. The van der Waals surface area contributed by atoms with Gasteiger partial charge in [-0.1, -0.05) is 18.2 Å². The summed E-state index contributed by atoms with van der Waals surface area (Å²) < 4.78 is 5.66. The monoisotopic (exact) mass is 276 g/mol. The van der Waals surface area contributed by atoms with Gasteiger partial charge >= 0.3 is 0 Å². The number of likely N-dealkylation sites (tertiary alicyclic amines) is 1. The number of rotatable bonds is 8. The Hall–Kier alpha value is -1.55. The van der Waals surface area contributed by atoms with Crippen LogP contribution in [0.15, 0.2) is 30.3 Å². The zero-order chi connectivity index (χ0) is 14.2. The fourth-order valence-electron chi connectivity index (χ4n) is 2.38. The molecule has 0 unspecified atom stereocenters. The molecule has 4 heteroatoms. The number of carbonyl (C=O) groups excluding carboxylic acids is 1. The topological polar surface area (TPSA) is 32.8 Å². The lowest BCUT2D eigenvalue weighted by Gasteiger charge is -2.21. The summed E-state index contributed by atoms with van der Waals surface area (Å²) in [7, 11) is 2.10. The standard InChI is InChI=1S/C16H24N2O2/c1-17(12-13-18-11-5-9-16(18)19)10-6-14-20-15-7-3-2-4-8-15/h2-4,7-8H,5-6,9-14H2,1H3. The average Bonchev–Trinajstić information content (AvgIpc) is 2.88. The van der Waals surface area contributed by atoms with Crippen LogP contribution in [0.3, 0.4) is 0 Å². The number of benzene rings is 1. The third kappa shape index (κ3) is 4.85. The van der Waals surface area contributed by atoms with Gasteiger partial charge in [0.1, 0.15) is 5.75 Å². The number of likely N-dealkylation sites (N-methyl/N-ethyl adjacent to an activating group) is 1. The van der Waals surface area contributed by atoms with Gasteiger partial charge < -0.3 is 14.5 Å². The van der Waals surface area contributed by atoms with E-state index >= 15 is 0 Å². The maximum atomic E-state index is 11.5. The van der Waals surface area contributed by atoms with E-state index in [1.807, 2.05) is 35.2 Å². The summed E-state index contributed by atoms with van der Waals surface area (Å²) in [5.74, 6) is 1.24. The largest absolute Gasteiger partial charge is 0.494 e. The normalized spacial score (nSPS) is 15.1. The van der Waals surface area contributed by atoms with Crippen molar-refractivity contribution in [3.05, 3.63) is 30.3 Å². The third-order valence-corrected chi connectivity index (χ3v) is 3.62. The molecule has 1 amide bonds. The van der Waals surface area contributed by atoms with Gasteiger partial charge in [0, 0.05) is 32.6 Å². The van der Waals surface area contributed by atoms with Crippen LogP contribution in [0.1, 0.15) is 19.3 Å². The Morgan fingerprint density at radius 2 is 2.05 bits per heavy atom. The summed E-state index contributed by atoms with van der Waals surface area (Å²) in [6.07, 6.45) is 2.75. The van der Waals surface area contributed by atoms with Crippen molar-refractivity contribution in [1.29, 1.82) is 0 Å². The van der Waals surface area contributed by atoms with Gasteiger partial charge in [0.25, 0.3) is 0 Å². The Morgan fingerprint density at radius 3 is 2.75 bits per heavy atom. The summed E-state index contributed by atoms with van der Waals surface area (Å²) in [5.41, 5.74) is 0. The van der Waals surface area contributed by atoms with Crippen LogP contribution >= 0.6 is 0 Å². The number of para-hydroxylation sites is 1. The molecule has 0 spiro atoms. The van der Waals surface area contributed by atoms with Gasteiger partial charge in [0.2, 0.25) is 5.91 Å². The van der Waals surface area contributed by atoms with Crippen molar-refractivity contribution < 1.29 is 9.53 Å². The molecule has 1 aliphatic rings. The van der Waals surface area contributed by atoms with E-state index < -0.39 is 0 Å². The number of carbonyl (C=O) groups is 1. The van der Waals surface area contributed by atoms with Gasteiger partial charge in [-0.3, -0.25) is 4.79 Å². The van der Waals surface area contributed by atoms with E-state index in [1.54, 1.807) is 0 Å². The average molecular weight is 276 g/mol. The van der Waals surface area contributed by atoms with Crippen molar-refractivity contribution in [3.63, 3.8) is 0 Å². The molecule has 1 aromatic rings. The maximum absolute atomic E-state index is 11.5. The first-order chi connectivity index (χ1) is 9.75. The van der Waals surface area contributed by atoms with E-state index in [0.29, 0.717) is 5.91 Å². The van der Waals surface area contributed by atoms with Gasteiger partial charge in [-0.05, 0) is 32.0 Å². The minimum absolute atomic E-state index is 0.311. The highest BCUT2D eigenvalue weighted by Crippen LogP contribution is 2.09. The van der Waals surface area contributed by atoms with Crippen LogP contribution in [0.2, 0.25) is 0 Å². The fourth-order valence-corrected chi connectivity index (χ4v) is 2.38. The molecule has 0 aliphatic carbocycles. The maximum Gasteiger partial charge on any atom is 0.222 e. The first-order valence-corrected chi connectivity index (χ1v) is 7.40. The molecule has 4 nitrogen and oxygen atoms in total. The molecule has 1 saturated heterocycles. The molecule has 0 N–H and O–H groups in total. The molecular weight excluding hydrogens is 252 g/mol. The Labute approximate surface area is 121 Å². The molecule has 2 rings (SSSR count). The predicted molar refractivity (Wildman–Crippen MR) is 79.9 cm³/mol. The number of hydrogen-bond donors (Lipinski definition) is 0. The van der Waals surface area contributed by atoms with Gasteiger partial charge in [-0.2, -0.15) is 0 Å². The Bertz CT molecular complexity index is 408. The van der Waals surface area contributed by atoms with Gasteiger partial charge in [-0.25, -0.2) is 0 Å². The smallest absolute Gasteiger partial charge is 0.222 e. The van der Waals surface area contributed by atoms with Crippen molar-refractivity contribution >= 4 is 5.91 Å². The molecule has 110 valence electrons.